The maximum atomic E-state index is 9.98. The highest BCUT2D eigenvalue weighted by molar-refractivity contribution is 5.47. The van der Waals surface area contributed by atoms with E-state index in [0.717, 1.165) is 24.3 Å². The van der Waals surface area contributed by atoms with Crippen molar-refractivity contribution in [1.29, 1.82) is 0 Å². The van der Waals surface area contributed by atoms with E-state index in [9.17, 15) is 5.11 Å². The third kappa shape index (κ3) is 2.12. The van der Waals surface area contributed by atoms with Crippen LogP contribution in [0.3, 0.4) is 0 Å². The van der Waals surface area contributed by atoms with Crippen molar-refractivity contribution in [3.8, 4) is 11.5 Å². The van der Waals surface area contributed by atoms with Crippen molar-refractivity contribution in [2.75, 3.05) is 6.61 Å². The van der Waals surface area contributed by atoms with E-state index in [-0.39, 0.29) is 6.04 Å². The topological polar surface area (TPSA) is 41.5 Å². The van der Waals surface area contributed by atoms with E-state index in [2.05, 4.69) is 5.32 Å². The van der Waals surface area contributed by atoms with Gasteiger partial charge in [0, 0.05) is 18.5 Å². The van der Waals surface area contributed by atoms with Crippen LogP contribution in [0.1, 0.15) is 43.7 Å². The van der Waals surface area contributed by atoms with Crippen molar-refractivity contribution in [3.63, 3.8) is 0 Å². The number of nitrogens with one attached hydrogen (secondary N) is 1. The first-order valence-corrected chi connectivity index (χ1v) is 6.55. The van der Waals surface area contributed by atoms with E-state index in [1.54, 1.807) is 6.07 Å². The molecule has 0 saturated heterocycles. The van der Waals surface area contributed by atoms with Crippen molar-refractivity contribution in [1.82, 2.24) is 5.32 Å². The van der Waals surface area contributed by atoms with Crippen LogP contribution in [0, 0.1) is 0 Å². The predicted octanol–water partition coefficient (Wildman–Crippen LogP) is 2.75. The minimum atomic E-state index is 0.253. The number of rotatable bonds is 2. The smallest absolute Gasteiger partial charge is 0.127 e. The van der Waals surface area contributed by atoms with Gasteiger partial charge in [-0.05, 0) is 25.0 Å². The van der Waals surface area contributed by atoms with Gasteiger partial charge in [-0.1, -0.05) is 18.9 Å². The maximum absolute atomic E-state index is 9.98. The highest BCUT2D eigenvalue weighted by Crippen LogP contribution is 2.39. The SMILES string of the molecule is Oc1cccc2c1C(NC1CCCC1)CCO2. The van der Waals surface area contributed by atoms with Crippen LogP contribution >= 0.6 is 0 Å². The zero-order chi connectivity index (χ0) is 11.7. The standard InChI is InChI=1S/C14H19NO2/c16-12-6-3-7-13-14(12)11(8-9-17-13)15-10-4-1-2-5-10/h3,6-7,10-11,15-16H,1-2,4-5,8-9H2. The summed E-state index contributed by atoms with van der Waals surface area (Å²) in [5.41, 5.74) is 0.950. The van der Waals surface area contributed by atoms with E-state index in [0.29, 0.717) is 11.8 Å². The Kier molecular flexibility index (Phi) is 2.93. The quantitative estimate of drug-likeness (QED) is 0.825. The lowest BCUT2D eigenvalue weighted by Crippen LogP contribution is -2.33. The monoisotopic (exact) mass is 233 g/mol. The molecule has 1 aromatic rings. The molecule has 1 aromatic carbocycles. The molecule has 3 rings (SSSR count). The van der Waals surface area contributed by atoms with Crippen molar-refractivity contribution < 1.29 is 9.84 Å². The second-order valence-corrected chi connectivity index (χ2v) is 5.03. The third-order valence-corrected chi connectivity index (χ3v) is 3.85. The third-order valence-electron chi connectivity index (χ3n) is 3.85. The normalized spacial score (nSPS) is 24.4. The number of hydrogen-bond donors (Lipinski definition) is 2. The molecule has 1 aliphatic heterocycles. The molecule has 0 amide bonds. The number of phenolic OH excluding ortho intramolecular Hbond substituents is 1. The Labute approximate surface area is 102 Å². The Balaban J connectivity index is 1.83. The number of ether oxygens (including phenoxy) is 1. The van der Waals surface area contributed by atoms with Gasteiger partial charge in [-0.15, -0.1) is 0 Å². The van der Waals surface area contributed by atoms with E-state index >= 15 is 0 Å². The van der Waals surface area contributed by atoms with Crippen LogP contribution in [0.5, 0.6) is 11.5 Å². The van der Waals surface area contributed by atoms with Gasteiger partial charge < -0.3 is 15.2 Å². The van der Waals surface area contributed by atoms with Gasteiger partial charge in [0.2, 0.25) is 0 Å². The molecule has 17 heavy (non-hydrogen) atoms. The first-order valence-electron chi connectivity index (χ1n) is 6.55. The van der Waals surface area contributed by atoms with Crippen LogP contribution in [-0.2, 0) is 0 Å². The molecule has 0 bridgehead atoms. The minimum absolute atomic E-state index is 0.253. The molecular weight excluding hydrogens is 214 g/mol. The van der Waals surface area contributed by atoms with Gasteiger partial charge in [0.25, 0.3) is 0 Å². The van der Waals surface area contributed by atoms with E-state index in [4.69, 9.17) is 4.74 Å². The number of aromatic hydroxyl groups is 1. The average molecular weight is 233 g/mol. The molecular formula is C14H19NO2. The van der Waals surface area contributed by atoms with E-state index in [1.807, 2.05) is 12.1 Å². The molecule has 92 valence electrons. The molecule has 1 atom stereocenters. The van der Waals surface area contributed by atoms with Crippen molar-refractivity contribution in [3.05, 3.63) is 23.8 Å². The average Bonchev–Trinajstić information content (AvgIpc) is 2.82. The van der Waals surface area contributed by atoms with Crippen LogP contribution < -0.4 is 10.1 Å². The minimum Gasteiger partial charge on any atom is -0.507 e. The summed E-state index contributed by atoms with van der Waals surface area (Å²) in [6, 6.07) is 6.40. The lowest BCUT2D eigenvalue weighted by Gasteiger charge is -2.29. The van der Waals surface area contributed by atoms with Gasteiger partial charge in [-0.25, -0.2) is 0 Å². The largest absolute Gasteiger partial charge is 0.507 e. The van der Waals surface area contributed by atoms with E-state index < -0.39 is 0 Å². The molecule has 2 aliphatic rings. The second-order valence-electron chi connectivity index (χ2n) is 5.03. The Hall–Kier alpha value is -1.22. The maximum Gasteiger partial charge on any atom is 0.127 e. The van der Waals surface area contributed by atoms with Gasteiger partial charge in [-0.2, -0.15) is 0 Å². The molecule has 1 heterocycles. The molecule has 0 radical (unpaired) electrons. The van der Waals surface area contributed by atoms with Crippen LogP contribution in [0.4, 0.5) is 0 Å². The molecule has 2 N–H and O–H groups in total. The summed E-state index contributed by atoms with van der Waals surface area (Å²) in [7, 11) is 0. The van der Waals surface area contributed by atoms with Gasteiger partial charge >= 0.3 is 0 Å². The summed E-state index contributed by atoms with van der Waals surface area (Å²) in [4.78, 5) is 0. The fourth-order valence-electron chi connectivity index (χ4n) is 2.98. The molecule has 1 unspecified atom stereocenters. The summed E-state index contributed by atoms with van der Waals surface area (Å²) in [6.45, 7) is 0.737. The zero-order valence-corrected chi connectivity index (χ0v) is 9.98. The van der Waals surface area contributed by atoms with Gasteiger partial charge in [0.1, 0.15) is 11.5 Å². The fourth-order valence-corrected chi connectivity index (χ4v) is 2.98. The van der Waals surface area contributed by atoms with Gasteiger partial charge in [-0.3, -0.25) is 0 Å². The van der Waals surface area contributed by atoms with Gasteiger partial charge in [0.05, 0.1) is 12.2 Å². The molecule has 0 spiro atoms. The van der Waals surface area contributed by atoms with Gasteiger partial charge in [0.15, 0.2) is 0 Å². The second kappa shape index (κ2) is 4.57. The molecule has 1 saturated carbocycles. The lowest BCUT2D eigenvalue weighted by atomic mass is 9.98. The number of fused-ring (bicyclic) bond motifs is 1. The number of hydrogen-bond acceptors (Lipinski definition) is 3. The van der Waals surface area contributed by atoms with E-state index in [1.165, 1.54) is 25.7 Å². The number of benzene rings is 1. The summed E-state index contributed by atoms with van der Waals surface area (Å²) in [5.74, 6) is 1.20. The lowest BCUT2D eigenvalue weighted by molar-refractivity contribution is 0.239. The summed E-state index contributed by atoms with van der Waals surface area (Å²) >= 11 is 0. The zero-order valence-electron chi connectivity index (χ0n) is 9.98. The molecule has 1 aliphatic carbocycles. The summed E-state index contributed by atoms with van der Waals surface area (Å²) in [6.07, 6.45) is 6.13. The molecule has 0 aromatic heterocycles. The van der Waals surface area contributed by atoms with Crippen molar-refractivity contribution in [2.45, 2.75) is 44.2 Å². The van der Waals surface area contributed by atoms with Crippen molar-refractivity contribution >= 4 is 0 Å². The molecule has 1 fully saturated rings. The predicted molar refractivity (Wildman–Crippen MR) is 66.4 cm³/mol. The fraction of sp³-hybridized carbons (Fsp3) is 0.571. The van der Waals surface area contributed by atoms with Crippen LogP contribution in [0.2, 0.25) is 0 Å². The summed E-state index contributed by atoms with van der Waals surface area (Å²) in [5, 5.41) is 13.7. The van der Waals surface area contributed by atoms with Crippen molar-refractivity contribution in [2.24, 2.45) is 0 Å². The highest BCUT2D eigenvalue weighted by Gasteiger charge is 2.27. The summed E-state index contributed by atoms with van der Waals surface area (Å²) < 4.78 is 5.60. The first kappa shape index (κ1) is 10.9. The molecule has 3 heteroatoms. The van der Waals surface area contributed by atoms with Crippen LogP contribution in [0.25, 0.3) is 0 Å². The van der Waals surface area contributed by atoms with Crippen LogP contribution in [0.15, 0.2) is 18.2 Å². The van der Waals surface area contributed by atoms with Crippen LogP contribution in [-0.4, -0.2) is 17.8 Å². The Morgan fingerprint density at radius 1 is 1.18 bits per heavy atom. The molecule has 3 nitrogen and oxygen atoms in total. The number of phenols is 1. The highest BCUT2D eigenvalue weighted by atomic mass is 16.5. The first-order chi connectivity index (χ1) is 8.34. The Morgan fingerprint density at radius 2 is 2.00 bits per heavy atom. The Morgan fingerprint density at radius 3 is 2.82 bits per heavy atom. The Bertz CT molecular complexity index is 399.